The van der Waals surface area contributed by atoms with Crippen molar-refractivity contribution in [3.63, 3.8) is 0 Å². The van der Waals surface area contributed by atoms with Crippen molar-refractivity contribution in [1.82, 2.24) is 19.7 Å². The molecule has 1 saturated heterocycles. The van der Waals surface area contributed by atoms with Gasteiger partial charge < -0.3 is 16.0 Å². The highest BCUT2D eigenvalue weighted by Crippen LogP contribution is 2.30. The van der Waals surface area contributed by atoms with Crippen LogP contribution in [0.2, 0.25) is 10.0 Å². The van der Waals surface area contributed by atoms with E-state index in [0.29, 0.717) is 40.1 Å². The minimum atomic E-state index is -1.000. The summed E-state index contributed by atoms with van der Waals surface area (Å²) in [6.45, 7) is 0.444. The summed E-state index contributed by atoms with van der Waals surface area (Å²) < 4.78 is 14.7. The minimum Gasteiger partial charge on any atom is -0.364 e. The second-order valence-electron chi connectivity index (χ2n) is 6.96. The maximum atomic E-state index is 13.3. The van der Waals surface area contributed by atoms with Gasteiger partial charge in [0, 0.05) is 6.54 Å². The number of alkyl halides is 1. The first-order chi connectivity index (χ1) is 14.8. The van der Waals surface area contributed by atoms with Crippen molar-refractivity contribution >= 4 is 46.4 Å². The van der Waals surface area contributed by atoms with E-state index in [2.05, 4.69) is 15.4 Å². The first-order valence-electron chi connectivity index (χ1n) is 9.33. The standard InChI is InChI=1S/C20H17Cl2FN6O2/c21-13-2-1-3-14(22)18(13)29-10-16(17(27-29)19(24)30)26-12-4-5-15(25-8-12)20(31)28-7-6-11(23)9-28/h1-5,8,10-11,26H,6-7,9H2,(H2,24,30)/t11-/m0/s1. The minimum absolute atomic E-state index is 0.0257. The molecule has 0 unspecified atom stereocenters. The van der Waals surface area contributed by atoms with Gasteiger partial charge in [-0.15, -0.1) is 0 Å². The summed E-state index contributed by atoms with van der Waals surface area (Å²) in [6, 6.07) is 8.12. The Balaban J connectivity index is 1.58. The van der Waals surface area contributed by atoms with Gasteiger partial charge in [-0.3, -0.25) is 9.59 Å². The Morgan fingerprint density at radius 1 is 1.19 bits per heavy atom. The molecule has 1 fully saturated rings. The van der Waals surface area contributed by atoms with Crippen LogP contribution in [0.4, 0.5) is 15.8 Å². The molecule has 1 aromatic carbocycles. The van der Waals surface area contributed by atoms with Gasteiger partial charge in [0.25, 0.3) is 11.8 Å². The number of benzene rings is 1. The van der Waals surface area contributed by atoms with Crippen LogP contribution in [0.3, 0.4) is 0 Å². The zero-order valence-corrected chi connectivity index (χ0v) is 17.6. The summed E-state index contributed by atoms with van der Waals surface area (Å²) in [6.07, 6.45) is 2.29. The fourth-order valence-electron chi connectivity index (χ4n) is 3.28. The van der Waals surface area contributed by atoms with Crippen LogP contribution in [0.15, 0.2) is 42.7 Å². The second kappa shape index (κ2) is 8.52. The van der Waals surface area contributed by atoms with E-state index in [0.717, 1.165) is 0 Å². The quantitative estimate of drug-likeness (QED) is 0.602. The maximum Gasteiger partial charge on any atom is 0.272 e. The molecule has 3 aromatic rings. The summed E-state index contributed by atoms with van der Waals surface area (Å²) in [5, 5.41) is 7.90. The molecule has 1 aliphatic heterocycles. The highest BCUT2D eigenvalue weighted by Gasteiger charge is 2.27. The van der Waals surface area contributed by atoms with Gasteiger partial charge in [0.1, 0.15) is 17.6 Å². The third-order valence-corrected chi connectivity index (χ3v) is 5.40. The number of aromatic nitrogens is 3. The molecule has 0 spiro atoms. The molecule has 0 aliphatic carbocycles. The lowest BCUT2D eigenvalue weighted by Gasteiger charge is -2.14. The number of para-hydroxylation sites is 1. The van der Waals surface area contributed by atoms with E-state index >= 15 is 0 Å². The molecule has 8 nitrogen and oxygen atoms in total. The van der Waals surface area contributed by atoms with Gasteiger partial charge in [0.05, 0.1) is 40.4 Å². The number of carbonyl (C=O) groups is 2. The Bertz CT molecular complexity index is 1130. The van der Waals surface area contributed by atoms with E-state index in [1.165, 1.54) is 28.0 Å². The first-order valence-corrected chi connectivity index (χ1v) is 10.1. The summed E-state index contributed by atoms with van der Waals surface area (Å²) in [4.78, 5) is 29.9. The van der Waals surface area contributed by atoms with Crippen LogP contribution < -0.4 is 11.1 Å². The normalized spacial score (nSPS) is 15.8. The summed E-state index contributed by atoms with van der Waals surface area (Å²) in [5.41, 5.74) is 6.84. The lowest BCUT2D eigenvalue weighted by molar-refractivity contribution is 0.0777. The second-order valence-corrected chi connectivity index (χ2v) is 7.78. The van der Waals surface area contributed by atoms with Crippen LogP contribution in [0.25, 0.3) is 5.69 Å². The van der Waals surface area contributed by atoms with Crippen molar-refractivity contribution in [3.05, 3.63) is 64.2 Å². The van der Waals surface area contributed by atoms with Crippen LogP contribution in [-0.4, -0.2) is 50.7 Å². The zero-order chi connectivity index (χ0) is 22.1. The number of nitrogens with one attached hydrogen (secondary N) is 1. The highest BCUT2D eigenvalue weighted by atomic mass is 35.5. The van der Waals surface area contributed by atoms with Crippen molar-refractivity contribution in [3.8, 4) is 5.69 Å². The van der Waals surface area contributed by atoms with Crippen LogP contribution in [-0.2, 0) is 0 Å². The van der Waals surface area contributed by atoms with Crippen molar-refractivity contribution in [2.75, 3.05) is 18.4 Å². The number of rotatable bonds is 5. The Hall–Kier alpha value is -3.17. The summed E-state index contributed by atoms with van der Waals surface area (Å²) in [7, 11) is 0. The molecule has 2 amide bonds. The van der Waals surface area contributed by atoms with E-state index in [1.807, 2.05) is 0 Å². The van der Waals surface area contributed by atoms with Crippen LogP contribution in [0, 0.1) is 0 Å². The zero-order valence-electron chi connectivity index (χ0n) is 16.1. The van der Waals surface area contributed by atoms with Crippen molar-refractivity contribution in [2.24, 2.45) is 5.73 Å². The fourth-order valence-corrected chi connectivity index (χ4v) is 3.85. The van der Waals surface area contributed by atoms with Gasteiger partial charge in [-0.25, -0.2) is 14.1 Å². The third kappa shape index (κ3) is 4.33. The number of halogens is 3. The van der Waals surface area contributed by atoms with Crippen molar-refractivity contribution < 1.29 is 14.0 Å². The van der Waals surface area contributed by atoms with Crippen LogP contribution >= 0.6 is 23.2 Å². The highest BCUT2D eigenvalue weighted by molar-refractivity contribution is 6.37. The van der Waals surface area contributed by atoms with E-state index < -0.39 is 12.1 Å². The first kappa shape index (κ1) is 21.1. The Labute approximate surface area is 186 Å². The monoisotopic (exact) mass is 462 g/mol. The van der Waals surface area contributed by atoms with Crippen molar-refractivity contribution in [2.45, 2.75) is 12.6 Å². The number of primary amides is 1. The Morgan fingerprint density at radius 2 is 1.94 bits per heavy atom. The molecule has 4 rings (SSSR count). The molecular formula is C20H17Cl2FN6O2. The lowest BCUT2D eigenvalue weighted by Crippen LogP contribution is -2.29. The molecule has 1 atom stereocenters. The van der Waals surface area contributed by atoms with Crippen LogP contribution in [0.1, 0.15) is 27.4 Å². The van der Waals surface area contributed by atoms with Gasteiger partial charge in [-0.1, -0.05) is 29.3 Å². The van der Waals surface area contributed by atoms with Gasteiger partial charge in [-0.2, -0.15) is 5.10 Å². The van der Waals surface area contributed by atoms with Crippen LogP contribution in [0.5, 0.6) is 0 Å². The molecule has 31 heavy (non-hydrogen) atoms. The molecule has 3 N–H and O–H groups in total. The molecule has 0 bridgehead atoms. The largest absolute Gasteiger partial charge is 0.364 e. The number of carbonyl (C=O) groups excluding carboxylic acids is 2. The van der Waals surface area contributed by atoms with E-state index in [1.54, 1.807) is 24.3 Å². The Morgan fingerprint density at radius 3 is 2.52 bits per heavy atom. The number of amides is 2. The molecule has 2 aromatic heterocycles. The lowest BCUT2D eigenvalue weighted by atomic mass is 10.3. The van der Waals surface area contributed by atoms with Gasteiger partial charge in [-0.05, 0) is 30.7 Å². The van der Waals surface area contributed by atoms with E-state index in [4.69, 9.17) is 28.9 Å². The SMILES string of the molecule is NC(=O)c1nn(-c2c(Cl)cccc2Cl)cc1Nc1ccc(C(=O)N2CC[C@H](F)C2)nc1. The third-order valence-electron chi connectivity index (χ3n) is 4.79. The number of likely N-dealkylation sites (tertiary alicyclic amines) is 1. The number of anilines is 2. The number of hydrogen-bond acceptors (Lipinski definition) is 5. The van der Waals surface area contributed by atoms with E-state index in [9.17, 15) is 14.0 Å². The molecule has 0 saturated carbocycles. The molecular weight excluding hydrogens is 446 g/mol. The van der Waals surface area contributed by atoms with Gasteiger partial charge >= 0.3 is 0 Å². The Kier molecular flexibility index (Phi) is 5.79. The number of nitrogens with two attached hydrogens (primary N) is 1. The predicted molar refractivity (Wildman–Crippen MR) is 115 cm³/mol. The maximum absolute atomic E-state index is 13.3. The average molecular weight is 463 g/mol. The topological polar surface area (TPSA) is 106 Å². The summed E-state index contributed by atoms with van der Waals surface area (Å²) >= 11 is 12.4. The van der Waals surface area contributed by atoms with Crippen molar-refractivity contribution in [1.29, 1.82) is 0 Å². The molecule has 3 heterocycles. The fraction of sp³-hybridized carbons (Fsp3) is 0.200. The molecule has 1 aliphatic rings. The molecule has 11 heteroatoms. The van der Waals surface area contributed by atoms with Gasteiger partial charge in [0.2, 0.25) is 0 Å². The molecule has 0 radical (unpaired) electrons. The van der Waals surface area contributed by atoms with E-state index in [-0.39, 0.29) is 23.8 Å². The smallest absolute Gasteiger partial charge is 0.272 e. The number of nitrogens with zero attached hydrogens (tertiary/aromatic N) is 4. The average Bonchev–Trinajstić information content (AvgIpc) is 3.34. The number of pyridine rings is 1. The molecule has 160 valence electrons. The van der Waals surface area contributed by atoms with Gasteiger partial charge in [0.15, 0.2) is 5.69 Å². The summed E-state index contributed by atoms with van der Waals surface area (Å²) in [5.74, 6) is -1.08. The number of hydrogen-bond donors (Lipinski definition) is 2. The predicted octanol–water partition coefficient (Wildman–Crippen LogP) is 3.60.